The predicted molar refractivity (Wildman–Crippen MR) is 174 cm³/mol. The first-order valence-electron chi connectivity index (χ1n) is 16.6. The van der Waals surface area contributed by atoms with E-state index in [9.17, 15) is 24.3 Å². The van der Waals surface area contributed by atoms with Crippen molar-refractivity contribution in [1.82, 2.24) is 14.7 Å². The number of likely N-dealkylation sites (N-methyl/N-ethyl adjacent to an activating group) is 1. The van der Waals surface area contributed by atoms with Crippen molar-refractivity contribution >= 4 is 23.7 Å². The van der Waals surface area contributed by atoms with Crippen LogP contribution in [0.1, 0.15) is 77.9 Å². The molecule has 0 radical (unpaired) electrons. The van der Waals surface area contributed by atoms with Crippen LogP contribution in [0.25, 0.3) is 0 Å². The second-order valence-electron chi connectivity index (χ2n) is 13.1. The van der Waals surface area contributed by atoms with E-state index in [2.05, 4.69) is 20.1 Å². The Morgan fingerprint density at radius 3 is 2.48 bits per heavy atom. The normalized spacial score (nSPS) is 27.3. The highest BCUT2D eigenvalue weighted by atomic mass is 16.6. The molecule has 0 aliphatic carbocycles. The second-order valence-corrected chi connectivity index (χ2v) is 13.1. The number of hydrogen-bond donors (Lipinski definition) is 1. The summed E-state index contributed by atoms with van der Waals surface area (Å²) in [6.45, 7) is 15.1. The maximum absolute atomic E-state index is 14.5. The van der Waals surface area contributed by atoms with Gasteiger partial charge in [-0.15, -0.1) is 13.2 Å². The molecule has 9 atom stereocenters. The number of carbonyl (C=O) groups is 4. The van der Waals surface area contributed by atoms with Crippen LogP contribution >= 0.6 is 0 Å². The third-order valence-corrected chi connectivity index (χ3v) is 10.2. The van der Waals surface area contributed by atoms with Crippen LogP contribution in [0, 0.1) is 11.8 Å². The van der Waals surface area contributed by atoms with Crippen molar-refractivity contribution in [2.24, 2.45) is 11.8 Å². The van der Waals surface area contributed by atoms with Crippen LogP contribution in [-0.4, -0.2) is 99.6 Å². The fourth-order valence-electron chi connectivity index (χ4n) is 7.68. The van der Waals surface area contributed by atoms with Crippen molar-refractivity contribution in [3.63, 3.8) is 0 Å². The maximum atomic E-state index is 14.5. The summed E-state index contributed by atoms with van der Waals surface area (Å²) in [5, 5.41) is 10.2. The van der Waals surface area contributed by atoms with E-state index in [1.165, 1.54) is 4.90 Å². The van der Waals surface area contributed by atoms with Gasteiger partial charge in [-0.05, 0) is 52.0 Å². The smallest absolute Gasteiger partial charge is 0.313 e. The molecule has 46 heavy (non-hydrogen) atoms. The number of rotatable bonds is 16. The molecule has 1 spiro atoms. The molecule has 0 aromatic heterocycles. The molecule has 2 bridgehead atoms. The van der Waals surface area contributed by atoms with E-state index in [1.54, 1.807) is 35.9 Å². The molecule has 3 aliphatic heterocycles. The molecule has 10 heteroatoms. The van der Waals surface area contributed by atoms with E-state index >= 15 is 0 Å². The van der Waals surface area contributed by atoms with Gasteiger partial charge in [0.1, 0.15) is 17.7 Å². The van der Waals surface area contributed by atoms with Crippen LogP contribution in [0.5, 0.6) is 0 Å². The van der Waals surface area contributed by atoms with Crippen LogP contribution in [0.4, 0.5) is 0 Å². The number of likely N-dealkylation sites (tertiary alicyclic amines) is 1. The molecule has 1 aromatic rings. The topological polar surface area (TPSA) is 117 Å². The fourth-order valence-corrected chi connectivity index (χ4v) is 7.68. The predicted octanol–water partition coefficient (Wildman–Crippen LogP) is 4.04. The number of allylic oxidation sites excluding steroid dienone is 1. The molecule has 0 saturated carbocycles. The average molecular weight is 638 g/mol. The van der Waals surface area contributed by atoms with Gasteiger partial charge in [0.15, 0.2) is 0 Å². The summed E-state index contributed by atoms with van der Waals surface area (Å²) in [6, 6.07) is 6.97. The highest BCUT2D eigenvalue weighted by molar-refractivity contribution is 5.98. The first kappa shape index (κ1) is 35.4. The number of carbonyl (C=O) groups excluding carboxylic acids is 4. The van der Waals surface area contributed by atoms with Crippen molar-refractivity contribution in [2.45, 2.75) is 108 Å². The highest BCUT2D eigenvalue weighted by Gasteiger charge is 2.75. The van der Waals surface area contributed by atoms with E-state index in [1.807, 2.05) is 44.2 Å². The van der Waals surface area contributed by atoms with E-state index in [4.69, 9.17) is 9.47 Å². The lowest BCUT2D eigenvalue weighted by Gasteiger charge is -2.40. The average Bonchev–Trinajstić information content (AvgIpc) is 3.71. The third kappa shape index (κ3) is 6.38. The molecule has 252 valence electrons. The number of aliphatic hydroxyl groups is 1. The van der Waals surface area contributed by atoms with Gasteiger partial charge in [-0.3, -0.25) is 19.2 Å². The number of amides is 3. The lowest BCUT2D eigenvalue weighted by atomic mass is 9.70. The molecular weight excluding hydrogens is 586 g/mol. The van der Waals surface area contributed by atoms with E-state index in [-0.39, 0.29) is 36.8 Å². The minimum absolute atomic E-state index is 0.103. The molecule has 1 unspecified atom stereocenters. The van der Waals surface area contributed by atoms with Gasteiger partial charge in [-0.2, -0.15) is 0 Å². The number of hydrogen-bond acceptors (Lipinski definition) is 7. The SMILES string of the molecule is C=CCCC(=O)N(C)[C@@H](C)[C@@H](OC(=O)[C@@H]1[C@@H]2CC[C@]3(O2)[C@H](C(=O)N(CC=C)C(C)CCC)N([C@H](C)CO)C(=O)[C@@H]13)c1ccccc1. The van der Waals surface area contributed by atoms with Crippen LogP contribution in [0.3, 0.4) is 0 Å². The van der Waals surface area contributed by atoms with E-state index in [0.29, 0.717) is 25.8 Å². The Balaban J connectivity index is 1.69. The largest absolute Gasteiger partial charge is 0.455 e. The second kappa shape index (κ2) is 14.9. The van der Waals surface area contributed by atoms with Gasteiger partial charge < -0.3 is 29.3 Å². The Morgan fingerprint density at radius 1 is 1.17 bits per heavy atom. The van der Waals surface area contributed by atoms with Gasteiger partial charge >= 0.3 is 5.97 Å². The Kier molecular flexibility index (Phi) is 11.5. The van der Waals surface area contributed by atoms with Crippen LogP contribution in [0.15, 0.2) is 55.6 Å². The summed E-state index contributed by atoms with van der Waals surface area (Å²) in [5.74, 6) is -3.21. The molecule has 3 saturated heterocycles. The summed E-state index contributed by atoms with van der Waals surface area (Å²) in [5.41, 5.74) is -0.500. The lowest BCUT2D eigenvalue weighted by Crippen LogP contribution is -2.59. The van der Waals surface area contributed by atoms with Crippen LogP contribution in [-0.2, 0) is 28.7 Å². The molecule has 1 N–H and O–H groups in total. The number of benzene rings is 1. The van der Waals surface area contributed by atoms with Crippen molar-refractivity contribution < 1.29 is 33.8 Å². The van der Waals surface area contributed by atoms with Crippen molar-refractivity contribution in [3.8, 4) is 0 Å². The van der Waals surface area contributed by atoms with Crippen molar-refractivity contribution in [1.29, 1.82) is 0 Å². The summed E-state index contributed by atoms with van der Waals surface area (Å²) in [6.07, 6.45) is 5.35. The number of aliphatic hydroxyl groups excluding tert-OH is 1. The van der Waals surface area contributed by atoms with Gasteiger partial charge in [0.2, 0.25) is 17.7 Å². The molecule has 3 fully saturated rings. The van der Waals surface area contributed by atoms with E-state index in [0.717, 1.165) is 18.4 Å². The Bertz CT molecular complexity index is 1290. The Hall–Kier alpha value is -3.50. The number of esters is 1. The number of nitrogens with zero attached hydrogens (tertiary/aromatic N) is 3. The first-order chi connectivity index (χ1) is 22.0. The van der Waals surface area contributed by atoms with Crippen molar-refractivity contribution in [3.05, 3.63) is 61.2 Å². The van der Waals surface area contributed by atoms with Gasteiger partial charge in [0.05, 0.1) is 36.6 Å². The molecular formula is C36H51N3O7. The van der Waals surface area contributed by atoms with Crippen molar-refractivity contribution in [2.75, 3.05) is 20.2 Å². The van der Waals surface area contributed by atoms with Gasteiger partial charge in [0, 0.05) is 26.1 Å². The van der Waals surface area contributed by atoms with Gasteiger partial charge in [-0.25, -0.2) is 0 Å². The molecule has 10 nitrogen and oxygen atoms in total. The van der Waals surface area contributed by atoms with Crippen LogP contribution in [0.2, 0.25) is 0 Å². The summed E-state index contributed by atoms with van der Waals surface area (Å²) in [7, 11) is 1.69. The molecule has 3 heterocycles. The fraction of sp³-hybridized carbons (Fsp3) is 0.611. The highest BCUT2D eigenvalue weighted by Crippen LogP contribution is 2.59. The summed E-state index contributed by atoms with van der Waals surface area (Å²) in [4.78, 5) is 60.8. The maximum Gasteiger partial charge on any atom is 0.313 e. The zero-order chi connectivity index (χ0) is 33.8. The molecule has 1 aromatic carbocycles. The first-order valence-corrected chi connectivity index (χ1v) is 16.6. The zero-order valence-corrected chi connectivity index (χ0v) is 28.0. The molecule has 4 rings (SSSR count). The minimum atomic E-state index is -1.22. The third-order valence-electron chi connectivity index (χ3n) is 10.2. The quantitative estimate of drug-likeness (QED) is 0.215. The lowest BCUT2D eigenvalue weighted by molar-refractivity contribution is -0.165. The van der Waals surface area contributed by atoms with Gasteiger partial charge in [-0.1, -0.05) is 55.8 Å². The van der Waals surface area contributed by atoms with Crippen LogP contribution < -0.4 is 0 Å². The Morgan fingerprint density at radius 2 is 1.87 bits per heavy atom. The summed E-state index contributed by atoms with van der Waals surface area (Å²) < 4.78 is 12.9. The number of ether oxygens (including phenoxy) is 2. The minimum Gasteiger partial charge on any atom is -0.455 e. The van der Waals surface area contributed by atoms with Gasteiger partial charge in [0.25, 0.3) is 0 Å². The van der Waals surface area contributed by atoms with E-state index < -0.39 is 53.7 Å². The monoisotopic (exact) mass is 637 g/mol. The standard InChI is InChI=1S/C36H51N3O7/c1-8-11-18-28(41)37(7)25(6)31(26-16-13-12-14-17-26)45-35(44)29-27-19-20-36(46-27)30(29)33(42)39(24(5)22-40)32(36)34(43)38(21-10-3)23(4)15-9-2/h8,10,12-14,16-17,23-25,27,29-32,40H,1,3,9,11,15,18-22H2,2,4-7H3/t23?,24-,25+,27+,29-,30-,31-,32+,36-/m1/s1. The zero-order valence-electron chi connectivity index (χ0n) is 28.0. The number of fused-ring (bicyclic) bond motifs is 1. The molecule has 3 amide bonds. The Labute approximate surface area is 273 Å². The summed E-state index contributed by atoms with van der Waals surface area (Å²) >= 11 is 0. The molecule has 3 aliphatic rings.